The van der Waals surface area contributed by atoms with Crippen LogP contribution in [-0.4, -0.2) is 50.9 Å². The average Bonchev–Trinajstić information content (AvgIpc) is 2.61. The Morgan fingerprint density at radius 1 is 1.30 bits per heavy atom. The van der Waals surface area contributed by atoms with Crippen molar-refractivity contribution in [3.63, 3.8) is 0 Å². The van der Waals surface area contributed by atoms with Gasteiger partial charge in [0, 0.05) is 19.6 Å². The van der Waals surface area contributed by atoms with Gasteiger partial charge in [-0.3, -0.25) is 9.59 Å². The molecule has 1 heterocycles. The van der Waals surface area contributed by atoms with Crippen molar-refractivity contribution in [3.05, 3.63) is 30.1 Å². The van der Waals surface area contributed by atoms with E-state index in [-0.39, 0.29) is 18.9 Å². The van der Waals surface area contributed by atoms with Crippen LogP contribution in [0.4, 0.5) is 4.39 Å². The van der Waals surface area contributed by atoms with Crippen LogP contribution in [0.3, 0.4) is 0 Å². The monoisotopic (exact) mass is 400 g/mol. The second-order valence-corrected chi connectivity index (χ2v) is 8.45. The molecule has 1 aliphatic heterocycles. The number of likely N-dealkylation sites (tertiary alicyclic amines) is 1. The number of nitrogens with zero attached hydrogens (tertiary/aromatic N) is 1. The summed E-state index contributed by atoms with van der Waals surface area (Å²) in [5.41, 5.74) is 0. The van der Waals surface area contributed by atoms with E-state index in [9.17, 15) is 22.4 Å². The van der Waals surface area contributed by atoms with Crippen molar-refractivity contribution in [1.29, 1.82) is 0 Å². The third-order valence-corrected chi connectivity index (χ3v) is 5.99. The second-order valence-electron chi connectivity index (χ2n) is 6.72. The molecule has 27 heavy (non-hydrogen) atoms. The molecule has 1 aromatic carbocycles. The highest BCUT2D eigenvalue weighted by molar-refractivity contribution is 7.89. The van der Waals surface area contributed by atoms with Crippen molar-refractivity contribution in [3.8, 4) is 0 Å². The molecule has 1 aromatic rings. The van der Waals surface area contributed by atoms with Crippen LogP contribution in [0.15, 0.2) is 29.2 Å². The zero-order valence-corrected chi connectivity index (χ0v) is 16.3. The summed E-state index contributed by atoms with van der Waals surface area (Å²) < 4.78 is 44.9. The first-order chi connectivity index (χ1) is 12.7. The summed E-state index contributed by atoms with van der Waals surface area (Å²) in [6.45, 7) is 4.67. The number of hydrogen-bond acceptors (Lipinski definition) is 5. The number of nitrogens with one attached hydrogen (secondary N) is 1. The number of carbonyl (C=O) groups excluding carboxylic acids is 2. The summed E-state index contributed by atoms with van der Waals surface area (Å²) in [6.07, 6.45) is 0.658. The largest absolute Gasteiger partial charge is 0.452 e. The van der Waals surface area contributed by atoms with E-state index in [4.69, 9.17) is 4.74 Å². The Labute approximate surface area is 158 Å². The zero-order valence-electron chi connectivity index (χ0n) is 15.5. The Balaban J connectivity index is 1.79. The van der Waals surface area contributed by atoms with Gasteiger partial charge >= 0.3 is 5.97 Å². The summed E-state index contributed by atoms with van der Waals surface area (Å²) >= 11 is 0. The molecule has 0 aromatic heterocycles. The quantitative estimate of drug-likeness (QED) is 0.703. The smallest absolute Gasteiger partial charge is 0.307 e. The Morgan fingerprint density at radius 3 is 2.56 bits per heavy atom. The molecule has 0 unspecified atom stereocenters. The molecule has 1 atom stereocenters. The van der Waals surface area contributed by atoms with Gasteiger partial charge in [-0.15, -0.1) is 0 Å². The SMILES string of the molecule is CC1CCN(C(=O)[C@@H](C)OC(=O)CCNS(=O)(=O)c2ccccc2F)CC1. The molecule has 7 nitrogen and oxygen atoms in total. The number of esters is 1. The van der Waals surface area contributed by atoms with E-state index in [1.807, 2.05) is 0 Å². The van der Waals surface area contributed by atoms with Crippen LogP contribution in [0.2, 0.25) is 0 Å². The number of ether oxygens (including phenoxy) is 1. The van der Waals surface area contributed by atoms with Crippen molar-refractivity contribution < 1.29 is 27.1 Å². The average molecular weight is 400 g/mol. The van der Waals surface area contributed by atoms with Crippen LogP contribution < -0.4 is 4.72 Å². The van der Waals surface area contributed by atoms with Gasteiger partial charge in [-0.2, -0.15) is 0 Å². The van der Waals surface area contributed by atoms with Crippen LogP contribution in [0, 0.1) is 11.7 Å². The fourth-order valence-electron chi connectivity index (χ4n) is 2.82. The number of halogens is 1. The molecule has 1 saturated heterocycles. The fourth-order valence-corrected chi connectivity index (χ4v) is 3.93. The molecule has 0 aliphatic carbocycles. The minimum atomic E-state index is -4.06. The predicted molar refractivity (Wildman–Crippen MR) is 96.7 cm³/mol. The maximum Gasteiger partial charge on any atom is 0.307 e. The molecule has 0 saturated carbocycles. The van der Waals surface area contributed by atoms with E-state index >= 15 is 0 Å². The maximum atomic E-state index is 13.6. The number of carbonyl (C=O) groups is 2. The van der Waals surface area contributed by atoms with Gasteiger partial charge < -0.3 is 9.64 Å². The number of hydrogen-bond donors (Lipinski definition) is 1. The molecular weight excluding hydrogens is 375 g/mol. The van der Waals surface area contributed by atoms with Gasteiger partial charge in [-0.05, 0) is 37.8 Å². The predicted octanol–water partition coefficient (Wildman–Crippen LogP) is 1.68. The lowest BCUT2D eigenvalue weighted by Crippen LogP contribution is -2.44. The Morgan fingerprint density at radius 2 is 1.93 bits per heavy atom. The molecule has 0 bridgehead atoms. The molecule has 1 N–H and O–H groups in total. The molecule has 1 amide bonds. The molecule has 150 valence electrons. The third kappa shape index (κ3) is 6.00. The lowest BCUT2D eigenvalue weighted by Gasteiger charge is -2.31. The van der Waals surface area contributed by atoms with Crippen LogP contribution in [0.5, 0.6) is 0 Å². The van der Waals surface area contributed by atoms with E-state index in [0.29, 0.717) is 19.0 Å². The number of rotatable bonds is 7. The van der Waals surface area contributed by atoms with Crippen LogP contribution in [0.25, 0.3) is 0 Å². The van der Waals surface area contributed by atoms with Crippen molar-refractivity contribution in [2.45, 2.75) is 44.1 Å². The normalized spacial score (nSPS) is 16.8. The van der Waals surface area contributed by atoms with Gasteiger partial charge in [0.05, 0.1) is 6.42 Å². The van der Waals surface area contributed by atoms with Crippen LogP contribution >= 0.6 is 0 Å². The number of amides is 1. The summed E-state index contributed by atoms with van der Waals surface area (Å²) in [5, 5.41) is 0. The van der Waals surface area contributed by atoms with Gasteiger partial charge in [-0.25, -0.2) is 17.5 Å². The highest BCUT2D eigenvalue weighted by Crippen LogP contribution is 2.17. The Hall–Kier alpha value is -2.00. The molecule has 0 radical (unpaired) electrons. The van der Waals surface area contributed by atoms with E-state index in [0.717, 1.165) is 25.0 Å². The summed E-state index contributed by atoms with van der Waals surface area (Å²) in [7, 11) is -4.06. The van der Waals surface area contributed by atoms with Crippen molar-refractivity contribution in [1.82, 2.24) is 9.62 Å². The standard InChI is InChI=1S/C18H25FN2O5S/c1-13-8-11-21(12-9-13)18(23)14(2)26-17(22)7-10-20-27(24,25)16-6-4-3-5-15(16)19/h3-6,13-14,20H,7-12H2,1-2H3/t14-/m1/s1. The number of sulfonamides is 1. The summed E-state index contributed by atoms with van der Waals surface area (Å²) in [4.78, 5) is 25.4. The molecular formula is C18H25FN2O5S. The maximum absolute atomic E-state index is 13.6. The van der Waals surface area contributed by atoms with E-state index in [1.54, 1.807) is 4.90 Å². The number of benzene rings is 1. The fraction of sp³-hybridized carbons (Fsp3) is 0.556. The number of piperidine rings is 1. The van der Waals surface area contributed by atoms with E-state index < -0.39 is 32.8 Å². The molecule has 1 aliphatic rings. The van der Waals surface area contributed by atoms with Gasteiger partial charge in [0.2, 0.25) is 10.0 Å². The Kier molecular flexibility index (Phi) is 7.32. The van der Waals surface area contributed by atoms with Crippen LogP contribution in [-0.2, 0) is 24.3 Å². The third-order valence-electron chi connectivity index (χ3n) is 4.50. The minimum absolute atomic E-state index is 0.248. The first kappa shape index (κ1) is 21.3. The highest BCUT2D eigenvalue weighted by atomic mass is 32.2. The highest BCUT2D eigenvalue weighted by Gasteiger charge is 2.27. The zero-order chi connectivity index (χ0) is 20.0. The van der Waals surface area contributed by atoms with Crippen molar-refractivity contribution in [2.75, 3.05) is 19.6 Å². The Bertz CT molecular complexity index is 776. The van der Waals surface area contributed by atoms with Gasteiger partial charge in [0.1, 0.15) is 10.7 Å². The van der Waals surface area contributed by atoms with E-state index in [2.05, 4.69) is 11.6 Å². The summed E-state index contributed by atoms with van der Waals surface area (Å²) in [6, 6.07) is 4.96. The first-order valence-electron chi connectivity index (χ1n) is 8.93. The van der Waals surface area contributed by atoms with Crippen LogP contribution in [0.1, 0.15) is 33.1 Å². The van der Waals surface area contributed by atoms with Gasteiger partial charge in [-0.1, -0.05) is 19.1 Å². The van der Waals surface area contributed by atoms with Gasteiger partial charge in [0.15, 0.2) is 6.10 Å². The lowest BCUT2D eigenvalue weighted by atomic mass is 9.99. The molecule has 2 rings (SSSR count). The lowest BCUT2D eigenvalue weighted by molar-refractivity contribution is -0.159. The molecule has 1 fully saturated rings. The first-order valence-corrected chi connectivity index (χ1v) is 10.4. The van der Waals surface area contributed by atoms with E-state index in [1.165, 1.54) is 19.1 Å². The second kappa shape index (κ2) is 9.27. The van der Waals surface area contributed by atoms with Crippen molar-refractivity contribution in [2.24, 2.45) is 5.92 Å². The van der Waals surface area contributed by atoms with Gasteiger partial charge in [0.25, 0.3) is 5.91 Å². The minimum Gasteiger partial charge on any atom is -0.452 e. The van der Waals surface area contributed by atoms with Crippen molar-refractivity contribution >= 4 is 21.9 Å². The molecule has 0 spiro atoms. The molecule has 9 heteroatoms. The summed E-state index contributed by atoms with van der Waals surface area (Å²) in [5.74, 6) is -1.24. The topological polar surface area (TPSA) is 92.8 Å².